The van der Waals surface area contributed by atoms with E-state index in [0.717, 1.165) is 42.9 Å². The lowest BCUT2D eigenvalue weighted by Crippen LogP contribution is -2.24. The van der Waals surface area contributed by atoms with Crippen molar-refractivity contribution in [3.05, 3.63) is 48.2 Å². The number of nitrogens with two attached hydrogens (primary N) is 1. The Labute approximate surface area is 118 Å². The number of rotatable bonds is 3. The van der Waals surface area contributed by atoms with E-state index in [0.29, 0.717) is 5.56 Å². The second-order valence-corrected chi connectivity index (χ2v) is 5.02. The van der Waals surface area contributed by atoms with Crippen LogP contribution < -0.4 is 10.6 Å². The number of nitrogens with zero attached hydrogens (tertiary/aromatic N) is 2. The first-order valence-corrected chi connectivity index (χ1v) is 6.86. The first-order valence-electron chi connectivity index (χ1n) is 6.86. The molecule has 2 N–H and O–H groups in total. The van der Waals surface area contributed by atoms with Gasteiger partial charge < -0.3 is 10.6 Å². The topological polar surface area (TPSA) is 59.2 Å². The minimum absolute atomic E-state index is 0.419. The molecular weight excluding hydrogens is 250 g/mol. The Morgan fingerprint density at radius 3 is 2.45 bits per heavy atom. The van der Waals surface area contributed by atoms with Gasteiger partial charge in [-0.05, 0) is 24.5 Å². The summed E-state index contributed by atoms with van der Waals surface area (Å²) in [5.74, 6) is 0.298. The molecule has 20 heavy (non-hydrogen) atoms. The van der Waals surface area contributed by atoms with E-state index >= 15 is 0 Å². The summed E-state index contributed by atoms with van der Waals surface area (Å²) in [5.41, 5.74) is 7.99. The van der Waals surface area contributed by atoms with Crippen LogP contribution in [0.25, 0.3) is 11.1 Å². The molecule has 0 bridgehead atoms. The minimum atomic E-state index is -0.419. The molecule has 4 heteroatoms. The third-order valence-corrected chi connectivity index (χ3v) is 3.64. The van der Waals surface area contributed by atoms with Crippen molar-refractivity contribution in [2.24, 2.45) is 5.73 Å². The van der Waals surface area contributed by atoms with Gasteiger partial charge in [0.1, 0.15) is 5.82 Å². The van der Waals surface area contributed by atoms with Crippen LogP contribution in [0, 0.1) is 0 Å². The normalized spacial score (nSPS) is 14.5. The number of hydrogen-bond donors (Lipinski definition) is 1. The van der Waals surface area contributed by atoms with Gasteiger partial charge in [0.2, 0.25) is 0 Å². The zero-order valence-corrected chi connectivity index (χ0v) is 11.2. The van der Waals surface area contributed by atoms with E-state index in [-0.39, 0.29) is 0 Å². The van der Waals surface area contributed by atoms with Crippen LogP contribution in [0.3, 0.4) is 0 Å². The van der Waals surface area contributed by atoms with Crippen molar-refractivity contribution >= 4 is 11.7 Å². The van der Waals surface area contributed by atoms with Crippen LogP contribution in [-0.2, 0) is 0 Å². The number of primary amides is 1. The van der Waals surface area contributed by atoms with E-state index in [4.69, 9.17) is 5.73 Å². The Morgan fingerprint density at radius 1 is 1.10 bits per heavy atom. The average Bonchev–Trinajstić information content (AvgIpc) is 3.01. The van der Waals surface area contributed by atoms with Crippen LogP contribution in [0.4, 0.5) is 5.82 Å². The summed E-state index contributed by atoms with van der Waals surface area (Å²) in [4.78, 5) is 18.3. The average molecular weight is 267 g/mol. The highest BCUT2D eigenvalue weighted by atomic mass is 16.1. The Bertz CT molecular complexity index is 619. The van der Waals surface area contributed by atoms with E-state index in [9.17, 15) is 4.79 Å². The highest BCUT2D eigenvalue weighted by Crippen LogP contribution is 2.27. The first-order chi connectivity index (χ1) is 9.75. The predicted octanol–water partition coefficient (Wildman–Crippen LogP) is 2.45. The van der Waals surface area contributed by atoms with Gasteiger partial charge in [0, 0.05) is 24.8 Å². The molecule has 0 saturated carbocycles. The molecule has 3 rings (SSSR count). The molecule has 1 saturated heterocycles. The molecule has 0 radical (unpaired) electrons. The van der Waals surface area contributed by atoms with Crippen LogP contribution in [0.5, 0.6) is 0 Å². The molecule has 102 valence electrons. The van der Waals surface area contributed by atoms with Gasteiger partial charge in [0.25, 0.3) is 5.91 Å². The molecule has 1 fully saturated rings. The van der Waals surface area contributed by atoms with Crippen molar-refractivity contribution < 1.29 is 4.79 Å². The van der Waals surface area contributed by atoms with Crippen LogP contribution in [0.15, 0.2) is 42.6 Å². The van der Waals surface area contributed by atoms with Crippen LogP contribution >= 0.6 is 0 Å². The Balaban J connectivity index is 2.04. The van der Waals surface area contributed by atoms with E-state index in [1.54, 1.807) is 0 Å². The van der Waals surface area contributed by atoms with Gasteiger partial charge >= 0.3 is 0 Å². The first kappa shape index (κ1) is 12.7. The Hall–Kier alpha value is -2.36. The molecule has 2 aromatic rings. The molecule has 0 atom stereocenters. The maximum absolute atomic E-state index is 11.7. The molecule has 2 heterocycles. The maximum atomic E-state index is 11.7. The molecular formula is C16H17N3O. The van der Waals surface area contributed by atoms with Gasteiger partial charge in [0.05, 0.1) is 5.56 Å². The summed E-state index contributed by atoms with van der Waals surface area (Å²) < 4.78 is 0. The summed E-state index contributed by atoms with van der Waals surface area (Å²) in [7, 11) is 0. The van der Waals surface area contributed by atoms with Crippen molar-refractivity contribution in [2.75, 3.05) is 18.0 Å². The quantitative estimate of drug-likeness (QED) is 0.929. The number of hydrogen-bond acceptors (Lipinski definition) is 3. The lowest BCUT2D eigenvalue weighted by molar-refractivity contribution is 0.100. The molecule has 1 aliphatic rings. The summed E-state index contributed by atoms with van der Waals surface area (Å²) in [6, 6.07) is 11.7. The highest BCUT2D eigenvalue weighted by molar-refractivity contribution is 5.99. The van der Waals surface area contributed by atoms with Crippen LogP contribution in [0.1, 0.15) is 23.2 Å². The predicted molar refractivity (Wildman–Crippen MR) is 79.6 cm³/mol. The number of anilines is 1. The lowest BCUT2D eigenvalue weighted by Gasteiger charge is -2.19. The van der Waals surface area contributed by atoms with Crippen molar-refractivity contribution in [3.8, 4) is 11.1 Å². The van der Waals surface area contributed by atoms with Crippen molar-refractivity contribution in [3.63, 3.8) is 0 Å². The lowest BCUT2D eigenvalue weighted by atomic mass is 10.1. The molecule has 0 aliphatic carbocycles. The number of benzene rings is 1. The second-order valence-electron chi connectivity index (χ2n) is 5.02. The number of amides is 1. The molecule has 4 nitrogen and oxygen atoms in total. The number of carbonyl (C=O) groups excluding carboxylic acids is 1. The van der Waals surface area contributed by atoms with Gasteiger partial charge in [-0.1, -0.05) is 30.3 Å². The largest absolute Gasteiger partial charge is 0.365 e. The summed E-state index contributed by atoms with van der Waals surface area (Å²) >= 11 is 0. The van der Waals surface area contributed by atoms with E-state index in [2.05, 4.69) is 9.88 Å². The van der Waals surface area contributed by atoms with Gasteiger partial charge in [0.15, 0.2) is 0 Å². The fraction of sp³-hybridized carbons (Fsp3) is 0.250. The van der Waals surface area contributed by atoms with Crippen molar-refractivity contribution in [1.82, 2.24) is 4.98 Å². The third-order valence-electron chi connectivity index (χ3n) is 3.64. The number of aromatic nitrogens is 1. The van der Waals surface area contributed by atoms with Gasteiger partial charge in [-0.2, -0.15) is 0 Å². The highest BCUT2D eigenvalue weighted by Gasteiger charge is 2.20. The number of carbonyl (C=O) groups is 1. The maximum Gasteiger partial charge on any atom is 0.252 e. The smallest absolute Gasteiger partial charge is 0.252 e. The zero-order valence-electron chi connectivity index (χ0n) is 11.2. The Kier molecular flexibility index (Phi) is 3.37. The van der Waals surface area contributed by atoms with Crippen molar-refractivity contribution in [2.45, 2.75) is 12.8 Å². The SMILES string of the molecule is NC(=O)c1cc(-c2ccccc2)cnc1N1CCCC1. The minimum Gasteiger partial charge on any atom is -0.365 e. The monoisotopic (exact) mass is 267 g/mol. The van der Waals surface area contributed by atoms with E-state index < -0.39 is 5.91 Å². The summed E-state index contributed by atoms with van der Waals surface area (Å²) in [5, 5.41) is 0. The standard InChI is InChI=1S/C16H17N3O/c17-15(20)14-10-13(12-6-2-1-3-7-12)11-18-16(14)19-8-4-5-9-19/h1-3,6-7,10-11H,4-5,8-9H2,(H2,17,20). The van der Waals surface area contributed by atoms with Crippen LogP contribution in [-0.4, -0.2) is 24.0 Å². The zero-order chi connectivity index (χ0) is 13.9. The van der Waals surface area contributed by atoms with Gasteiger partial charge in [-0.15, -0.1) is 0 Å². The fourth-order valence-electron chi connectivity index (χ4n) is 2.61. The third kappa shape index (κ3) is 2.37. The molecule has 1 aliphatic heterocycles. The van der Waals surface area contributed by atoms with Gasteiger partial charge in [-0.3, -0.25) is 4.79 Å². The molecule has 0 spiro atoms. The fourth-order valence-corrected chi connectivity index (χ4v) is 2.61. The molecule has 1 aromatic carbocycles. The molecule has 1 aromatic heterocycles. The van der Waals surface area contributed by atoms with E-state index in [1.165, 1.54) is 0 Å². The van der Waals surface area contributed by atoms with E-state index in [1.807, 2.05) is 42.6 Å². The molecule has 0 unspecified atom stereocenters. The van der Waals surface area contributed by atoms with Gasteiger partial charge in [-0.25, -0.2) is 4.98 Å². The van der Waals surface area contributed by atoms with Crippen LogP contribution in [0.2, 0.25) is 0 Å². The Morgan fingerprint density at radius 2 is 1.80 bits per heavy atom. The summed E-state index contributed by atoms with van der Waals surface area (Å²) in [6.45, 7) is 1.88. The number of pyridine rings is 1. The summed E-state index contributed by atoms with van der Waals surface area (Å²) in [6.07, 6.45) is 4.09. The second kappa shape index (κ2) is 5.33. The van der Waals surface area contributed by atoms with Crippen molar-refractivity contribution in [1.29, 1.82) is 0 Å². The molecule has 1 amide bonds.